The third-order valence-electron chi connectivity index (χ3n) is 3.75. The van der Waals surface area contributed by atoms with E-state index in [0.717, 1.165) is 13.3 Å². The maximum absolute atomic E-state index is 13.5. The number of imidazole rings is 1. The van der Waals surface area contributed by atoms with Crippen LogP contribution in [0.1, 0.15) is 12.4 Å². The van der Waals surface area contributed by atoms with E-state index in [1.165, 1.54) is 25.2 Å². The van der Waals surface area contributed by atoms with E-state index in [2.05, 4.69) is 20.9 Å². The molecule has 1 aromatic heterocycles. The van der Waals surface area contributed by atoms with Crippen molar-refractivity contribution in [2.75, 3.05) is 7.05 Å². The number of nitrogens with zero attached hydrogens (tertiary/aromatic N) is 3. The van der Waals surface area contributed by atoms with Crippen LogP contribution >= 0.6 is 15.9 Å². The van der Waals surface area contributed by atoms with E-state index in [-0.39, 0.29) is 22.8 Å². The Bertz CT molecular complexity index is 1000. The van der Waals surface area contributed by atoms with E-state index in [9.17, 15) is 17.2 Å². The lowest BCUT2D eigenvalue weighted by molar-refractivity contribution is 0.0703. The number of alkyl halides is 2. The van der Waals surface area contributed by atoms with Crippen LogP contribution in [0.5, 0.6) is 0 Å². The summed E-state index contributed by atoms with van der Waals surface area (Å²) in [6.45, 7) is -3.08. The minimum Gasteiger partial charge on any atom is -0.269 e. The fraction of sp³-hybridized carbons (Fsp3) is 0.188. The highest BCUT2D eigenvalue weighted by atomic mass is 79.9. The van der Waals surface area contributed by atoms with E-state index < -0.39 is 16.6 Å². The average Bonchev–Trinajstić information content (AvgIpc) is 2.93. The maximum Gasteiger partial charge on any atom is 0.320 e. The molecule has 25 heavy (non-hydrogen) atoms. The molecule has 0 spiro atoms. The lowest BCUT2D eigenvalue weighted by atomic mass is 10.3. The quantitative estimate of drug-likeness (QED) is 0.615. The molecule has 0 saturated carbocycles. The largest absolute Gasteiger partial charge is 0.320 e. The van der Waals surface area contributed by atoms with Crippen molar-refractivity contribution in [2.45, 2.75) is 18.0 Å². The monoisotopic (exact) mass is 429 g/mol. The highest BCUT2D eigenvalue weighted by molar-refractivity contribution is 9.10. The molecular formula is C16H14BrF2N3O2S. The van der Waals surface area contributed by atoms with Crippen LogP contribution in [-0.2, 0) is 16.6 Å². The van der Waals surface area contributed by atoms with E-state index in [1.54, 1.807) is 30.3 Å². The Morgan fingerprint density at radius 3 is 2.44 bits per heavy atom. The van der Waals surface area contributed by atoms with Crippen molar-refractivity contribution in [1.82, 2.24) is 13.9 Å². The van der Waals surface area contributed by atoms with Gasteiger partial charge >= 0.3 is 6.55 Å². The third kappa shape index (κ3) is 3.44. The lowest BCUT2D eigenvalue weighted by Crippen LogP contribution is -2.28. The van der Waals surface area contributed by atoms with E-state index in [0.29, 0.717) is 5.52 Å². The predicted molar refractivity (Wildman–Crippen MR) is 93.8 cm³/mol. The molecule has 1 heterocycles. The van der Waals surface area contributed by atoms with Crippen LogP contribution in [0.25, 0.3) is 11.0 Å². The second-order valence-corrected chi connectivity index (χ2v) is 8.34. The summed E-state index contributed by atoms with van der Waals surface area (Å²) in [6.07, 6.45) is 0. The number of fused-ring (bicyclic) bond motifs is 1. The summed E-state index contributed by atoms with van der Waals surface area (Å²) in [5, 5.41) is 0. The van der Waals surface area contributed by atoms with Crippen LogP contribution in [0.4, 0.5) is 8.78 Å². The molecule has 9 heteroatoms. The molecule has 0 aliphatic carbocycles. The van der Waals surface area contributed by atoms with Gasteiger partial charge in [0.1, 0.15) is 5.82 Å². The highest BCUT2D eigenvalue weighted by Crippen LogP contribution is 2.25. The molecule has 0 fully saturated rings. The summed E-state index contributed by atoms with van der Waals surface area (Å²) >= 11 is 3.24. The van der Waals surface area contributed by atoms with Gasteiger partial charge in [0.15, 0.2) is 0 Å². The molecule has 0 amide bonds. The van der Waals surface area contributed by atoms with Gasteiger partial charge in [0, 0.05) is 11.5 Å². The van der Waals surface area contributed by atoms with Crippen molar-refractivity contribution in [2.24, 2.45) is 0 Å². The summed E-state index contributed by atoms with van der Waals surface area (Å²) in [6, 6.07) is 12.6. The number of benzene rings is 2. The Kier molecular flexibility index (Phi) is 4.90. The number of halogens is 3. The van der Waals surface area contributed by atoms with Gasteiger partial charge in [0.2, 0.25) is 10.0 Å². The van der Waals surface area contributed by atoms with Crippen molar-refractivity contribution in [3.63, 3.8) is 0 Å². The Morgan fingerprint density at radius 2 is 1.80 bits per heavy atom. The minimum atomic E-state index is -3.82. The number of rotatable bonds is 5. The van der Waals surface area contributed by atoms with Gasteiger partial charge in [-0.05, 0) is 36.4 Å². The van der Waals surface area contributed by atoms with Gasteiger partial charge in [-0.15, -0.1) is 0 Å². The Hall–Kier alpha value is -1.84. The molecule has 2 aromatic carbocycles. The summed E-state index contributed by atoms with van der Waals surface area (Å²) in [5.74, 6) is -0.0145. The van der Waals surface area contributed by atoms with Gasteiger partial charge in [-0.2, -0.15) is 13.1 Å². The third-order valence-corrected chi connectivity index (χ3v) is 6.10. The molecule has 0 radical (unpaired) electrons. The molecule has 0 unspecified atom stereocenters. The van der Waals surface area contributed by atoms with Crippen molar-refractivity contribution in [3.05, 3.63) is 58.8 Å². The molecule has 132 valence electrons. The van der Waals surface area contributed by atoms with Crippen LogP contribution < -0.4 is 0 Å². The Balaban J connectivity index is 1.98. The molecule has 0 saturated heterocycles. The van der Waals surface area contributed by atoms with E-state index >= 15 is 0 Å². The lowest BCUT2D eigenvalue weighted by Gasteiger charge is -2.17. The number of sulfonamides is 1. The molecule has 3 aromatic rings. The van der Waals surface area contributed by atoms with Crippen LogP contribution in [-0.4, -0.2) is 29.3 Å². The van der Waals surface area contributed by atoms with Crippen LogP contribution in [0, 0.1) is 0 Å². The molecule has 5 nitrogen and oxygen atoms in total. The summed E-state index contributed by atoms with van der Waals surface area (Å²) in [4.78, 5) is 4.25. The molecule has 0 aliphatic rings. The number of aromatic nitrogens is 2. The smallest absolute Gasteiger partial charge is 0.269 e. The molecule has 0 atom stereocenters. The summed E-state index contributed by atoms with van der Waals surface area (Å²) in [7, 11) is -2.48. The topological polar surface area (TPSA) is 55.2 Å². The first-order valence-electron chi connectivity index (χ1n) is 7.26. The maximum atomic E-state index is 13.5. The van der Waals surface area contributed by atoms with Gasteiger partial charge in [-0.1, -0.05) is 28.1 Å². The zero-order valence-electron chi connectivity index (χ0n) is 13.1. The summed E-state index contributed by atoms with van der Waals surface area (Å²) < 4.78 is 54.7. The SMILES string of the molecule is CN(Cc1nc2ccccc2n1C(F)F)S(=O)(=O)c1ccc(Br)cc1. The Labute approximate surface area is 152 Å². The predicted octanol–water partition coefficient (Wildman–Crippen LogP) is 4.01. The standard InChI is InChI=1S/C16H14BrF2N3O2S/c1-21(25(23,24)12-8-6-11(17)7-9-12)10-15-20-13-4-2-3-5-14(13)22(15)16(18)19/h2-9,16H,10H2,1H3. The normalized spacial score (nSPS) is 12.4. The zero-order valence-corrected chi connectivity index (χ0v) is 15.5. The molecule has 0 N–H and O–H groups in total. The minimum absolute atomic E-state index is 0.0145. The second-order valence-electron chi connectivity index (χ2n) is 5.38. The van der Waals surface area contributed by atoms with Crippen molar-refractivity contribution < 1.29 is 17.2 Å². The first kappa shape index (κ1) is 18.0. The van der Waals surface area contributed by atoms with Crippen molar-refractivity contribution in [1.29, 1.82) is 0 Å². The fourth-order valence-corrected chi connectivity index (χ4v) is 3.88. The van der Waals surface area contributed by atoms with Crippen LogP contribution in [0.2, 0.25) is 0 Å². The van der Waals surface area contributed by atoms with Gasteiger partial charge in [-0.25, -0.2) is 13.4 Å². The number of hydrogen-bond donors (Lipinski definition) is 0. The van der Waals surface area contributed by atoms with Gasteiger partial charge in [0.05, 0.1) is 22.5 Å². The molecule has 0 aliphatic heterocycles. The molecule has 3 rings (SSSR count). The molecule has 0 bridgehead atoms. The van der Waals surface area contributed by atoms with Gasteiger partial charge in [-0.3, -0.25) is 4.57 Å². The Morgan fingerprint density at radius 1 is 1.16 bits per heavy atom. The first-order valence-corrected chi connectivity index (χ1v) is 9.50. The summed E-state index contributed by atoms with van der Waals surface area (Å²) in [5.41, 5.74) is 0.661. The number of hydrogen-bond acceptors (Lipinski definition) is 3. The van der Waals surface area contributed by atoms with Crippen molar-refractivity contribution in [3.8, 4) is 0 Å². The van der Waals surface area contributed by atoms with E-state index in [1.807, 2.05) is 0 Å². The number of para-hydroxylation sites is 2. The zero-order chi connectivity index (χ0) is 18.2. The average molecular weight is 430 g/mol. The highest BCUT2D eigenvalue weighted by Gasteiger charge is 2.25. The fourth-order valence-electron chi connectivity index (χ4n) is 2.49. The van der Waals surface area contributed by atoms with Crippen molar-refractivity contribution >= 4 is 37.0 Å². The molecular weight excluding hydrogens is 416 g/mol. The van der Waals surface area contributed by atoms with Crippen LogP contribution in [0.3, 0.4) is 0 Å². The van der Waals surface area contributed by atoms with Gasteiger partial charge in [0.25, 0.3) is 0 Å². The van der Waals surface area contributed by atoms with Crippen LogP contribution in [0.15, 0.2) is 57.9 Å². The second kappa shape index (κ2) is 6.81. The van der Waals surface area contributed by atoms with Gasteiger partial charge < -0.3 is 0 Å². The van der Waals surface area contributed by atoms with E-state index in [4.69, 9.17) is 0 Å². The first-order chi connectivity index (χ1) is 11.8.